The molecule has 0 aliphatic heterocycles. The molecule has 0 aromatic heterocycles. The summed E-state index contributed by atoms with van der Waals surface area (Å²) >= 11 is 0. The van der Waals surface area contributed by atoms with Gasteiger partial charge in [0.2, 0.25) is 0 Å². The zero-order valence-electron chi connectivity index (χ0n) is 12.4. The zero-order chi connectivity index (χ0) is 14.5. The Balaban J connectivity index is 2.58. The summed E-state index contributed by atoms with van der Waals surface area (Å²) in [6.45, 7) is 8.71. The van der Waals surface area contributed by atoms with E-state index in [0.717, 1.165) is 5.56 Å². The molecule has 0 saturated heterocycles. The molecule has 0 aliphatic rings. The lowest BCUT2D eigenvalue weighted by atomic mass is 10.1. The topological polar surface area (TPSA) is 47.9 Å². The number of aliphatic hydroxyl groups is 1. The molecular formula is C15H24O4. The number of rotatable bonds is 6. The molecule has 0 spiro atoms. The van der Waals surface area contributed by atoms with Gasteiger partial charge in [-0.05, 0) is 45.4 Å². The summed E-state index contributed by atoms with van der Waals surface area (Å²) in [4.78, 5) is 0. The van der Waals surface area contributed by atoms with Crippen molar-refractivity contribution in [1.82, 2.24) is 0 Å². The highest BCUT2D eigenvalue weighted by molar-refractivity contribution is 5.43. The van der Waals surface area contributed by atoms with Crippen LogP contribution in [0.5, 0.6) is 11.5 Å². The van der Waals surface area contributed by atoms with Crippen molar-refractivity contribution in [3.63, 3.8) is 0 Å². The maximum absolute atomic E-state index is 9.52. The summed E-state index contributed by atoms with van der Waals surface area (Å²) in [7, 11) is 1.58. The van der Waals surface area contributed by atoms with Crippen molar-refractivity contribution in [3.05, 3.63) is 23.8 Å². The van der Waals surface area contributed by atoms with Gasteiger partial charge in [-0.1, -0.05) is 6.07 Å². The average molecular weight is 268 g/mol. The van der Waals surface area contributed by atoms with Crippen LogP contribution in [-0.4, -0.2) is 31.0 Å². The summed E-state index contributed by atoms with van der Waals surface area (Å²) in [6, 6.07) is 5.41. The van der Waals surface area contributed by atoms with Gasteiger partial charge in [0.05, 0.1) is 25.4 Å². The Morgan fingerprint density at radius 2 is 1.84 bits per heavy atom. The number of methoxy groups -OCH3 is 1. The summed E-state index contributed by atoms with van der Waals surface area (Å²) in [5.41, 5.74) is 0.638. The van der Waals surface area contributed by atoms with Gasteiger partial charge in [0, 0.05) is 0 Å². The van der Waals surface area contributed by atoms with Crippen molar-refractivity contribution in [2.75, 3.05) is 20.3 Å². The minimum atomic E-state index is -0.521. The van der Waals surface area contributed by atoms with E-state index < -0.39 is 6.10 Å². The molecule has 1 aromatic rings. The van der Waals surface area contributed by atoms with E-state index in [1.165, 1.54) is 0 Å². The first-order valence-corrected chi connectivity index (χ1v) is 6.46. The quantitative estimate of drug-likeness (QED) is 0.806. The fraction of sp³-hybridized carbons (Fsp3) is 0.600. The molecule has 0 amide bonds. The number of aliphatic hydroxyl groups excluding tert-OH is 1. The Morgan fingerprint density at radius 1 is 1.16 bits per heavy atom. The molecular weight excluding hydrogens is 244 g/mol. The van der Waals surface area contributed by atoms with Crippen molar-refractivity contribution in [2.24, 2.45) is 0 Å². The first-order valence-electron chi connectivity index (χ1n) is 6.46. The molecule has 4 heteroatoms. The van der Waals surface area contributed by atoms with Crippen LogP contribution in [0, 0.1) is 0 Å². The van der Waals surface area contributed by atoms with Crippen LogP contribution in [0.2, 0.25) is 0 Å². The second-order valence-electron chi connectivity index (χ2n) is 5.40. The van der Waals surface area contributed by atoms with E-state index in [2.05, 4.69) is 0 Å². The van der Waals surface area contributed by atoms with Crippen LogP contribution in [0.1, 0.15) is 39.4 Å². The molecule has 1 rings (SSSR count). The molecule has 0 fully saturated rings. The highest BCUT2D eigenvalue weighted by Gasteiger charge is 2.11. The van der Waals surface area contributed by atoms with Crippen molar-refractivity contribution in [3.8, 4) is 11.5 Å². The Hall–Kier alpha value is -1.26. The Morgan fingerprint density at radius 3 is 2.37 bits per heavy atom. The highest BCUT2D eigenvalue weighted by Crippen LogP contribution is 2.30. The van der Waals surface area contributed by atoms with Crippen LogP contribution in [-0.2, 0) is 4.74 Å². The molecule has 0 unspecified atom stereocenters. The Bertz CT molecular complexity index is 394. The average Bonchev–Trinajstić information content (AvgIpc) is 2.33. The van der Waals surface area contributed by atoms with E-state index in [0.29, 0.717) is 24.7 Å². The predicted octanol–water partition coefficient (Wildman–Crippen LogP) is 2.94. The SMILES string of the molecule is COc1cc([C@H](C)O)ccc1OCCOC(C)(C)C. The maximum Gasteiger partial charge on any atom is 0.161 e. The van der Waals surface area contributed by atoms with E-state index in [1.54, 1.807) is 26.2 Å². The maximum atomic E-state index is 9.52. The number of hydrogen-bond acceptors (Lipinski definition) is 4. The summed E-state index contributed by atoms with van der Waals surface area (Å²) in [5, 5.41) is 9.52. The van der Waals surface area contributed by atoms with Crippen molar-refractivity contribution < 1.29 is 19.3 Å². The lowest BCUT2D eigenvalue weighted by Gasteiger charge is -2.20. The molecule has 1 atom stereocenters. The van der Waals surface area contributed by atoms with E-state index in [9.17, 15) is 5.11 Å². The van der Waals surface area contributed by atoms with Gasteiger partial charge in [0.15, 0.2) is 11.5 Å². The molecule has 1 aromatic carbocycles. The first-order chi connectivity index (χ1) is 8.83. The summed E-state index contributed by atoms with van der Waals surface area (Å²) in [6.07, 6.45) is -0.521. The molecule has 19 heavy (non-hydrogen) atoms. The van der Waals surface area contributed by atoms with Gasteiger partial charge in [0.1, 0.15) is 6.61 Å². The van der Waals surface area contributed by atoms with Crippen molar-refractivity contribution >= 4 is 0 Å². The van der Waals surface area contributed by atoms with Crippen LogP contribution < -0.4 is 9.47 Å². The third-order valence-corrected chi connectivity index (χ3v) is 2.55. The van der Waals surface area contributed by atoms with Crippen LogP contribution in [0.15, 0.2) is 18.2 Å². The molecule has 0 radical (unpaired) electrons. The summed E-state index contributed by atoms with van der Waals surface area (Å²) < 4.78 is 16.5. The van der Waals surface area contributed by atoms with Gasteiger partial charge in [-0.3, -0.25) is 0 Å². The predicted molar refractivity (Wildman–Crippen MR) is 74.8 cm³/mol. The van der Waals surface area contributed by atoms with Gasteiger partial charge in [-0.25, -0.2) is 0 Å². The third-order valence-electron chi connectivity index (χ3n) is 2.55. The lowest BCUT2D eigenvalue weighted by molar-refractivity contribution is -0.0165. The minimum Gasteiger partial charge on any atom is -0.493 e. The standard InChI is InChI=1S/C15H24O4/c1-11(16)12-6-7-13(14(10-12)17-5)18-8-9-19-15(2,3)4/h6-7,10-11,16H,8-9H2,1-5H3/t11-/m0/s1. The van der Waals surface area contributed by atoms with Gasteiger partial charge in [-0.2, -0.15) is 0 Å². The molecule has 108 valence electrons. The number of ether oxygens (including phenoxy) is 3. The van der Waals surface area contributed by atoms with Gasteiger partial charge >= 0.3 is 0 Å². The van der Waals surface area contributed by atoms with Gasteiger partial charge in [-0.15, -0.1) is 0 Å². The number of benzene rings is 1. The fourth-order valence-electron chi connectivity index (χ4n) is 1.56. The molecule has 0 heterocycles. The normalized spacial score (nSPS) is 13.2. The van der Waals surface area contributed by atoms with E-state index in [-0.39, 0.29) is 5.60 Å². The van der Waals surface area contributed by atoms with E-state index >= 15 is 0 Å². The van der Waals surface area contributed by atoms with Crippen LogP contribution in [0.4, 0.5) is 0 Å². The Kier molecular flexibility index (Phi) is 5.63. The Labute approximate surface area is 115 Å². The van der Waals surface area contributed by atoms with Crippen molar-refractivity contribution in [2.45, 2.75) is 39.4 Å². The second kappa shape index (κ2) is 6.78. The molecule has 1 N–H and O–H groups in total. The van der Waals surface area contributed by atoms with Crippen molar-refractivity contribution in [1.29, 1.82) is 0 Å². The molecule has 0 bridgehead atoms. The smallest absolute Gasteiger partial charge is 0.161 e. The largest absolute Gasteiger partial charge is 0.493 e. The lowest BCUT2D eigenvalue weighted by Crippen LogP contribution is -2.22. The molecule has 0 aliphatic carbocycles. The summed E-state index contributed by atoms with van der Waals surface area (Å²) in [5.74, 6) is 1.28. The minimum absolute atomic E-state index is 0.163. The monoisotopic (exact) mass is 268 g/mol. The zero-order valence-corrected chi connectivity index (χ0v) is 12.4. The fourth-order valence-corrected chi connectivity index (χ4v) is 1.56. The van der Waals surface area contributed by atoms with E-state index in [4.69, 9.17) is 14.2 Å². The highest BCUT2D eigenvalue weighted by atomic mass is 16.5. The van der Waals surface area contributed by atoms with Crippen LogP contribution in [0.3, 0.4) is 0 Å². The van der Waals surface area contributed by atoms with Gasteiger partial charge in [0.25, 0.3) is 0 Å². The third kappa shape index (κ3) is 5.49. The van der Waals surface area contributed by atoms with Gasteiger partial charge < -0.3 is 19.3 Å². The molecule has 4 nitrogen and oxygen atoms in total. The molecule has 0 saturated carbocycles. The second-order valence-corrected chi connectivity index (χ2v) is 5.40. The number of hydrogen-bond donors (Lipinski definition) is 1. The first kappa shape index (κ1) is 15.8. The van der Waals surface area contributed by atoms with E-state index in [1.807, 2.05) is 26.8 Å². The van der Waals surface area contributed by atoms with Crippen LogP contribution in [0.25, 0.3) is 0 Å². The van der Waals surface area contributed by atoms with Crippen LogP contribution >= 0.6 is 0 Å².